The number of nitrogens with two attached hydrogens (primary N) is 1. The fraction of sp³-hybridized carbons (Fsp3) is 0.351. The number of hydrogen-bond acceptors (Lipinski definition) is 11. The lowest BCUT2D eigenvalue weighted by Crippen LogP contribution is -2.25. The fourth-order valence-electron chi connectivity index (χ4n) is 6.03. The van der Waals surface area contributed by atoms with Gasteiger partial charge in [-0.1, -0.05) is 12.1 Å². The summed E-state index contributed by atoms with van der Waals surface area (Å²) in [5.41, 5.74) is 11.2. The number of rotatable bonds is 10. The lowest BCUT2D eigenvalue weighted by atomic mass is 9.97. The second kappa shape index (κ2) is 18.7. The van der Waals surface area contributed by atoms with Crippen molar-refractivity contribution in [2.75, 3.05) is 58.2 Å². The number of thiophene rings is 1. The number of ether oxygens (including phenoxy) is 2. The van der Waals surface area contributed by atoms with Crippen LogP contribution >= 0.6 is 11.3 Å². The van der Waals surface area contributed by atoms with E-state index in [9.17, 15) is 5.11 Å². The van der Waals surface area contributed by atoms with Crippen molar-refractivity contribution < 1.29 is 54.2 Å². The summed E-state index contributed by atoms with van der Waals surface area (Å²) in [7, 11) is 0. The van der Waals surface area contributed by atoms with Crippen molar-refractivity contribution in [2.24, 2.45) is 0 Å². The number of aliphatic carboxylic acids is 4. The zero-order valence-electron chi connectivity index (χ0n) is 28.7. The molecule has 14 nitrogen and oxygen atoms in total. The SMILES string of the molecule is Cc1c(-c2ccc(OCCN3CCCC3)cc2)sc2cc(O)c(-c3ccc(OCCN4CCCC4)cc3)c(N)c12.O=C(O)C(=O)O.O=C(O)C(=O)O. The number of phenols is 1. The Kier molecular flexibility index (Phi) is 14.2. The Balaban J connectivity index is 0.000000436. The molecular weight excluding hydrogens is 694 g/mol. The topological polar surface area (TPSA) is 220 Å². The van der Waals surface area contributed by atoms with Gasteiger partial charge in [-0.25, -0.2) is 19.2 Å². The van der Waals surface area contributed by atoms with Crippen LogP contribution in [0.2, 0.25) is 0 Å². The van der Waals surface area contributed by atoms with E-state index in [1.807, 2.05) is 42.5 Å². The molecule has 0 amide bonds. The molecule has 0 saturated carbocycles. The normalized spacial score (nSPS) is 14.2. The molecule has 278 valence electrons. The van der Waals surface area contributed by atoms with Crippen LogP contribution in [0.5, 0.6) is 17.2 Å². The largest absolute Gasteiger partial charge is 0.507 e. The maximum atomic E-state index is 11.0. The Morgan fingerprint density at radius 3 is 1.50 bits per heavy atom. The van der Waals surface area contributed by atoms with E-state index >= 15 is 0 Å². The van der Waals surface area contributed by atoms with Crippen molar-refractivity contribution >= 4 is 51.0 Å². The molecule has 2 aliphatic heterocycles. The number of aryl methyl sites for hydroxylation is 1. The Hall–Kier alpha value is -5.38. The molecule has 3 heterocycles. The van der Waals surface area contributed by atoms with Gasteiger partial charge in [-0.05, 0) is 118 Å². The van der Waals surface area contributed by atoms with Gasteiger partial charge in [0.05, 0.1) is 5.69 Å². The number of nitrogens with zero attached hydrogens (tertiary/aromatic N) is 2. The summed E-state index contributed by atoms with van der Waals surface area (Å²) in [5, 5.41) is 41.6. The molecule has 6 rings (SSSR count). The first-order valence-electron chi connectivity index (χ1n) is 16.7. The molecule has 0 aliphatic carbocycles. The molecule has 2 aliphatic rings. The molecule has 4 aromatic rings. The molecule has 0 unspecified atom stereocenters. The molecule has 0 spiro atoms. The summed E-state index contributed by atoms with van der Waals surface area (Å²) in [6, 6.07) is 18.0. The summed E-state index contributed by atoms with van der Waals surface area (Å²) in [6.45, 7) is 10.2. The highest BCUT2D eigenvalue weighted by Crippen LogP contribution is 2.47. The third kappa shape index (κ3) is 10.8. The smallest absolute Gasteiger partial charge is 0.414 e. The molecule has 15 heteroatoms. The van der Waals surface area contributed by atoms with Gasteiger partial charge in [0.1, 0.15) is 30.5 Å². The number of anilines is 1. The molecule has 7 N–H and O–H groups in total. The first kappa shape index (κ1) is 39.4. The quantitative estimate of drug-likeness (QED) is 0.0922. The van der Waals surface area contributed by atoms with E-state index in [-0.39, 0.29) is 5.75 Å². The third-order valence-corrected chi connectivity index (χ3v) is 9.90. The third-order valence-electron chi connectivity index (χ3n) is 8.61. The van der Waals surface area contributed by atoms with Crippen molar-refractivity contribution in [3.63, 3.8) is 0 Å². The Labute approximate surface area is 304 Å². The number of carboxylic acid groups (broad SMARTS) is 4. The zero-order chi connectivity index (χ0) is 37.8. The minimum absolute atomic E-state index is 0.197. The van der Waals surface area contributed by atoms with E-state index in [1.54, 1.807) is 11.3 Å². The number of aromatic hydroxyl groups is 1. The van der Waals surface area contributed by atoms with E-state index in [1.165, 1.54) is 51.9 Å². The number of phenolic OH excluding ortho intramolecular Hbond substituents is 1. The van der Waals surface area contributed by atoms with E-state index in [0.717, 1.165) is 56.2 Å². The van der Waals surface area contributed by atoms with Crippen molar-refractivity contribution in [1.82, 2.24) is 9.80 Å². The van der Waals surface area contributed by atoms with Crippen molar-refractivity contribution in [3.05, 3.63) is 60.2 Å². The van der Waals surface area contributed by atoms with Crippen LogP contribution in [-0.4, -0.2) is 112 Å². The highest BCUT2D eigenvalue weighted by atomic mass is 32.1. The van der Waals surface area contributed by atoms with Crippen LogP contribution in [0.15, 0.2) is 54.6 Å². The summed E-state index contributed by atoms with van der Waals surface area (Å²) in [5.74, 6) is -5.37. The van der Waals surface area contributed by atoms with Gasteiger partial charge < -0.3 is 40.7 Å². The van der Waals surface area contributed by atoms with E-state index < -0.39 is 23.9 Å². The van der Waals surface area contributed by atoms with Gasteiger partial charge in [0.15, 0.2) is 0 Å². The average Bonchev–Trinajstić information content (AvgIpc) is 3.89. The number of likely N-dealkylation sites (tertiary alicyclic amines) is 2. The minimum Gasteiger partial charge on any atom is -0.507 e. The van der Waals surface area contributed by atoms with E-state index in [0.29, 0.717) is 24.5 Å². The van der Waals surface area contributed by atoms with Gasteiger partial charge in [0, 0.05) is 33.6 Å². The molecule has 0 bridgehead atoms. The predicted octanol–water partition coefficient (Wildman–Crippen LogP) is 5.09. The van der Waals surface area contributed by atoms with Gasteiger partial charge in [0.2, 0.25) is 0 Å². The molecule has 2 saturated heterocycles. The van der Waals surface area contributed by atoms with E-state index in [4.69, 9.17) is 54.8 Å². The van der Waals surface area contributed by atoms with Gasteiger partial charge in [-0.2, -0.15) is 0 Å². The van der Waals surface area contributed by atoms with Gasteiger partial charge >= 0.3 is 23.9 Å². The Morgan fingerprint density at radius 2 is 1.10 bits per heavy atom. The molecule has 52 heavy (non-hydrogen) atoms. The highest BCUT2D eigenvalue weighted by molar-refractivity contribution is 7.22. The number of nitrogen functional groups attached to an aromatic ring is 1. The number of benzene rings is 3. The van der Waals surface area contributed by atoms with Gasteiger partial charge in [0.25, 0.3) is 0 Å². The predicted molar refractivity (Wildman–Crippen MR) is 196 cm³/mol. The minimum atomic E-state index is -1.82. The van der Waals surface area contributed by atoms with E-state index in [2.05, 4.69) is 28.9 Å². The average molecular weight is 738 g/mol. The molecule has 2 fully saturated rings. The van der Waals surface area contributed by atoms with Crippen molar-refractivity contribution in [3.8, 4) is 38.8 Å². The number of carbonyl (C=O) groups is 4. The van der Waals surface area contributed by atoms with Crippen molar-refractivity contribution in [2.45, 2.75) is 32.6 Å². The van der Waals surface area contributed by atoms with Crippen LogP contribution in [0.1, 0.15) is 31.2 Å². The Morgan fingerprint density at radius 1 is 0.692 bits per heavy atom. The molecular formula is C37H43N3O11S. The summed E-state index contributed by atoms with van der Waals surface area (Å²) in [6.07, 6.45) is 5.17. The summed E-state index contributed by atoms with van der Waals surface area (Å²) in [4.78, 5) is 42.5. The highest BCUT2D eigenvalue weighted by Gasteiger charge is 2.20. The molecule has 0 radical (unpaired) electrons. The second-order valence-electron chi connectivity index (χ2n) is 12.2. The number of hydrogen-bond donors (Lipinski definition) is 6. The van der Waals surface area contributed by atoms with Crippen molar-refractivity contribution in [1.29, 1.82) is 0 Å². The standard InChI is InChI=1S/C33H39N3O3S.2C2H2O4/c1-23-30-29(40-33(23)25-8-12-27(13-9-25)39-21-19-36-16-4-5-17-36)22-28(37)31(32(30)34)24-6-10-26(11-7-24)38-20-18-35-14-2-3-15-35;2*3-1(4)2(5)6/h6-13,22,37H,2-5,14-21,34H2,1H3;2*(H,3,4)(H,5,6). The summed E-state index contributed by atoms with van der Waals surface area (Å²) >= 11 is 1.66. The molecule has 3 aromatic carbocycles. The Bertz CT molecular complexity index is 1800. The molecule has 0 atom stereocenters. The van der Waals surface area contributed by atoms with Gasteiger partial charge in [-0.3, -0.25) is 9.80 Å². The van der Waals surface area contributed by atoms with Crippen LogP contribution in [0, 0.1) is 6.92 Å². The first-order chi connectivity index (χ1) is 24.8. The zero-order valence-corrected chi connectivity index (χ0v) is 29.6. The van der Waals surface area contributed by atoms with Crippen LogP contribution in [0.3, 0.4) is 0 Å². The molecule has 1 aromatic heterocycles. The summed E-state index contributed by atoms with van der Waals surface area (Å²) < 4.78 is 13.0. The maximum absolute atomic E-state index is 11.0. The van der Waals surface area contributed by atoms with Gasteiger partial charge in [-0.15, -0.1) is 11.3 Å². The fourth-order valence-corrected chi connectivity index (χ4v) is 7.29. The monoisotopic (exact) mass is 737 g/mol. The maximum Gasteiger partial charge on any atom is 0.414 e. The first-order valence-corrected chi connectivity index (χ1v) is 17.6. The second-order valence-corrected chi connectivity index (χ2v) is 13.2. The lowest BCUT2D eigenvalue weighted by Gasteiger charge is -2.15. The number of fused-ring (bicyclic) bond motifs is 1. The van der Waals surface area contributed by atoms with Crippen LogP contribution < -0.4 is 15.2 Å². The van der Waals surface area contributed by atoms with Crippen LogP contribution in [0.4, 0.5) is 5.69 Å². The van der Waals surface area contributed by atoms with Crippen LogP contribution in [-0.2, 0) is 19.2 Å². The van der Waals surface area contributed by atoms with Crippen LogP contribution in [0.25, 0.3) is 31.7 Å². The lowest BCUT2D eigenvalue weighted by molar-refractivity contribution is -0.159. The number of carboxylic acids is 4.